The molecule has 0 radical (unpaired) electrons. The summed E-state index contributed by atoms with van der Waals surface area (Å²) in [6.45, 7) is 6.13. The van der Waals surface area contributed by atoms with Crippen molar-refractivity contribution in [1.29, 1.82) is 5.26 Å². The molecule has 7 heterocycles. The zero-order valence-electron chi connectivity index (χ0n) is 36.5. The fraction of sp³-hybridized carbons (Fsp3) is 0.489. The standard InChI is InChI=1S/C47H53F2N13O3/c1-2-46(45(65)55-33-4-3-5-33)12-14-60(15-13-46)40-10-6-30(24-51-40)42-43-31(23-50)25-53-62(43)28-38(56-42)32-26-52-61(27-32)35-21-47(49,22-35)29-58-16-18-59(19-17-58)39-9-7-34(20-36(39)48)54-37-8-11-41(63)57-44(37)64/h6-7,9-10,20,24-28,33,35,37,54H,2-5,8,11-19,21-22,29H2,1H3,(H,55,65)(H,57,63,64). The first-order valence-electron chi connectivity index (χ1n) is 22.9. The van der Waals surface area contributed by atoms with Crippen LogP contribution < -0.4 is 25.8 Å². The van der Waals surface area contributed by atoms with Gasteiger partial charge in [0.1, 0.15) is 40.5 Å². The summed E-state index contributed by atoms with van der Waals surface area (Å²) in [6.07, 6.45) is 15.6. The molecule has 1 unspecified atom stereocenters. The lowest BCUT2D eigenvalue weighted by molar-refractivity contribution is -0.134. The van der Waals surface area contributed by atoms with Crippen molar-refractivity contribution in [3.63, 3.8) is 0 Å². The fourth-order valence-corrected chi connectivity index (χ4v) is 10.1. The SMILES string of the molecule is CCC1(C(=O)NC2CCC2)CCN(c2ccc(-c3nc(-c4cnn(C5CC(F)(CN6CCN(c7ccc(NC8CCC(=O)NC8=O)cc7F)CC6)C5)c4)cn4ncc(C#N)c34)cn2)CC1. The first kappa shape index (κ1) is 42.5. The number of pyridine rings is 1. The largest absolute Gasteiger partial charge is 0.374 e. The van der Waals surface area contributed by atoms with E-state index in [-0.39, 0.29) is 36.2 Å². The van der Waals surface area contributed by atoms with E-state index in [2.05, 4.69) is 48.9 Å². The number of nitrogens with zero attached hydrogens (tertiary/aromatic N) is 10. The average molecular weight is 886 g/mol. The Bertz CT molecular complexity index is 2650. The van der Waals surface area contributed by atoms with Crippen LogP contribution in [0.1, 0.15) is 82.7 Å². The highest BCUT2D eigenvalue weighted by Crippen LogP contribution is 2.45. The van der Waals surface area contributed by atoms with Gasteiger partial charge in [-0.05, 0) is 75.3 Å². The van der Waals surface area contributed by atoms with E-state index in [0.29, 0.717) is 85.3 Å². The molecule has 3 saturated heterocycles. The molecule has 5 aliphatic rings. The fourth-order valence-electron chi connectivity index (χ4n) is 10.1. The summed E-state index contributed by atoms with van der Waals surface area (Å²) < 4.78 is 34.9. The van der Waals surface area contributed by atoms with E-state index in [9.17, 15) is 19.6 Å². The van der Waals surface area contributed by atoms with E-state index >= 15 is 8.78 Å². The maximum absolute atomic E-state index is 16.2. The number of imide groups is 1. The molecule has 16 nitrogen and oxygen atoms in total. The number of carbonyl (C=O) groups is 3. The average Bonchev–Trinajstić information content (AvgIpc) is 3.96. The molecule has 3 N–H and O–H groups in total. The molecule has 0 spiro atoms. The highest BCUT2D eigenvalue weighted by molar-refractivity contribution is 6.01. The summed E-state index contributed by atoms with van der Waals surface area (Å²) in [5.74, 6) is -0.111. The molecule has 65 heavy (non-hydrogen) atoms. The molecule has 1 aromatic carbocycles. The van der Waals surface area contributed by atoms with Crippen molar-refractivity contribution in [2.75, 3.05) is 60.9 Å². The van der Waals surface area contributed by atoms with E-state index in [4.69, 9.17) is 9.97 Å². The second kappa shape index (κ2) is 17.1. The van der Waals surface area contributed by atoms with Gasteiger partial charge in [-0.2, -0.15) is 15.5 Å². The summed E-state index contributed by atoms with van der Waals surface area (Å²) in [5, 5.41) is 27.7. The Balaban J connectivity index is 0.755. The first-order valence-corrected chi connectivity index (χ1v) is 22.9. The zero-order chi connectivity index (χ0) is 44.9. The third-order valence-electron chi connectivity index (χ3n) is 14.5. The van der Waals surface area contributed by atoms with Crippen molar-refractivity contribution in [3.8, 4) is 28.6 Å². The Labute approximate surface area is 375 Å². The number of aromatic nitrogens is 6. The monoisotopic (exact) mass is 885 g/mol. The Kier molecular flexibility index (Phi) is 11.2. The number of piperidine rings is 2. The highest BCUT2D eigenvalue weighted by Gasteiger charge is 2.47. The Morgan fingerprint density at radius 3 is 2.43 bits per heavy atom. The van der Waals surface area contributed by atoms with E-state index in [0.717, 1.165) is 62.1 Å². The zero-order valence-corrected chi connectivity index (χ0v) is 36.5. The molecule has 4 aromatic heterocycles. The van der Waals surface area contributed by atoms with Crippen molar-refractivity contribution in [2.45, 2.75) is 94.9 Å². The second-order valence-corrected chi connectivity index (χ2v) is 18.6. The maximum atomic E-state index is 16.2. The van der Waals surface area contributed by atoms with Crippen LogP contribution >= 0.6 is 0 Å². The quantitative estimate of drug-likeness (QED) is 0.136. The van der Waals surface area contributed by atoms with Crippen LogP contribution in [0.2, 0.25) is 0 Å². The minimum Gasteiger partial charge on any atom is -0.374 e. The molecular formula is C47H53F2N13O3. The van der Waals surface area contributed by atoms with Crippen molar-refractivity contribution in [2.24, 2.45) is 5.41 Å². The number of piperazine rings is 1. The summed E-state index contributed by atoms with van der Waals surface area (Å²) in [7, 11) is 0. The molecule has 338 valence electrons. The number of amides is 3. The van der Waals surface area contributed by atoms with Crippen LogP contribution in [0.15, 0.2) is 61.3 Å². The lowest BCUT2D eigenvalue weighted by Crippen LogP contribution is -2.54. The molecular weight excluding hydrogens is 833 g/mol. The number of benzene rings is 1. The predicted octanol–water partition coefficient (Wildman–Crippen LogP) is 5.41. The highest BCUT2D eigenvalue weighted by atomic mass is 19.1. The smallest absolute Gasteiger partial charge is 0.249 e. The van der Waals surface area contributed by atoms with Crippen LogP contribution in [0.3, 0.4) is 0 Å². The number of alkyl halides is 1. The lowest BCUT2D eigenvalue weighted by atomic mass is 9.74. The van der Waals surface area contributed by atoms with Gasteiger partial charge in [-0.3, -0.25) is 29.3 Å². The summed E-state index contributed by atoms with van der Waals surface area (Å²) >= 11 is 0. The minimum absolute atomic E-state index is 0.124. The van der Waals surface area contributed by atoms with Gasteiger partial charge in [0.05, 0.1) is 47.1 Å². The normalized spacial score (nSPS) is 23.7. The molecule has 2 saturated carbocycles. The number of fused-ring (bicyclic) bond motifs is 1. The van der Waals surface area contributed by atoms with Gasteiger partial charge in [-0.15, -0.1) is 0 Å². The topological polar surface area (TPSA) is 182 Å². The molecule has 10 rings (SSSR count). The molecule has 5 aromatic rings. The Morgan fingerprint density at radius 2 is 1.75 bits per heavy atom. The summed E-state index contributed by atoms with van der Waals surface area (Å²) in [6, 6.07) is 10.6. The van der Waals surface area contributed by atoms with Crippen LogP contribution in [-0.2, 0) is 14.4 Å². The molecule has 1 atom stereocenters. The predicted molar refractivity (Wildman–Crippen MR) is 239 cm³/mol. The van der Waals surface area contributed by atoms with Crippen molar-refractivity contribution in [3.05, 3.63) is 72.7 Å². The number of halogens is 2. The van der Waals surface area contributed by atoms with E-state index < -0.39 is 23.4 Å². The Hall–Kier alpha value is -6.48. The summed E-state index contributed by atoms with van der Waals surface area (Å²) in [4.78, 5) is 53.1. The van der Waals surface area contributed by atoms with E-state index in [1.165, 1.54) is 18.7 Å². The Morgan fingerprint density at radius 1 is 0.954 bits per heavy atom. The number of nitrogens with one attached hydrogen (secondary N) is 3. The maximum Gasteiger partial charge on any atom is 0.249 e. The molecule has 0 bridgehead atoms. The van der Waals surface area contributed by atoms with Crippen LogP contribution in [0, 0.1) is 22.6 Å². The van der Waals surface area contributed by atoms with E-state index in [1.54, 1.807) is 39.9 Å². The van der Waals surface area contributed by atoms with Crippen LogP contribution in [0.5, 0.6) is 0 Å². The van der Waals surface area contributed by atoms with Crippen molar-refractivity contribution >= 4 is 40.4 Å². The lowest BCUT2D eigenvalue weighted by Gasteiger charge is -2.46. The van der Waals surface area contributed by atoms with Crippen LogP contribution in [0.25, 0.3) is 28.0 Å². The summed E-state index contributed by atoms with van der Waals surface area (Å²) in [5.41, 5.74) is 2.80. The number of rotatable bonds is 12. The second-order valence-electron chi connectivity index (χ2n) is 18.6. The number of nitriles is 1. The van der Waals surface area contributed by atoms with Crippen molar-refractivity contribution < 1.29 is 23.2 Å². The number of hydrogen-bond acceptors (Lipinski definition) is 12. The third-order valence-corrected chi connectivity index (χ3v) is 14.5. The molecule has 2 aliphatic carbocycles. The van der Waals surface area contributed by atoms with Gasteiger partial charge in [-0.25, -0.2) is 23.3 Å². The van der Waals surface area contributed by atoms with Gasteiger partial charge >= 0.3 is 0 Å². The minimum atomic E-state index is -1.38. The molecule has 3 amide bonds. The van der Waals surface area contributed by atoms with Gasteiger partial charge in [0.15, 0.2) is 0 Å². The van der Waals surface area contributed by atoms with E-state index in [1.807, 2.05) is 23.2 Å². The van der Waals surface area contributed by atoms with Gasteiger partial charge < -0.3 is 20.4 Å². The number of anilines is 3. The first-order chi connectivity index (χ1) is 31.5. The number of carbonyl (C=O) groups excluding carboxylic acids is 3. The van der Waals surface area contributed by atoms with Crippen molar-refractivity contribution in [1.82, 2.24) is 44.9 Å². The third kappa shape index (κ3) is 8.37. The molecule has 3 aliphatic heterocycles. The molecule has 18 heteroatoms. The van der Waals surface area contributed by atoms with Gasteiger partial charge in [0.2, 0.25) is 17.7 Å². The van der Waals surface area contributed by atoms with Gasteiger partial charge in [-0.1, -0.05) is 6.92 Å². The van der Waals surface area contributed by atoms with Gasteiger partial charge in [0.25, 0.3) is 0 Å². The van der Waals surface area contributed by atoms with Crippen LogP contribution in [0.4, 0.5) is 26.0 Å². The number of hydrogen-bond donors (Lipinski definition) is 3. The molecule has 5 fully saturated rings. The van der Waals surface area contributed by atoms with Gasteiger partial charge in [0, 0.05) is 100 Å². The van der Waals surface area contributed by atoms with Crippen LogP contribution in [-0.4, -0.2) is 116 Å².